The molecule has 5 atom stereocenters. The smallest absolute Gasteiger partial charge is 0.264 e. The molecule has 8 nitrogen and oxygen atoms in total. The summed E-state index contributed by atoms with van der Waals surface area (Å²) in [6.07, 6.45) is 0.686. The van der Waals surface area contributed by atoms with Gasteiger partial charge in [-0.1, -0.05) is 59.3 Å². The Balaban J connectivity index is 1.14. The first kappa shape index (κ1) is 33.3. The zero-order chi connectivity index (χ0) is 35.1. The van der Waals surface area contributed by atoms with Crippen molar-refractivity contribution < 1.29 is 28.3 Å². The monoisotopic (exact) mass is 755 g/mol. The normalized spacial score (nSPS) is 25.8. The standard InChI is InChI=1S/C39H39BrFN3O5Si/c1-23-36(50(2,3)41)33(20-34(46)42-17-7-12-28(42)22-45)49-39(23)30-19-26(40)15-16-31(30)43(38(39)48)21-24-8-4-11-27(18-24)44-32-14-6-10-25-9-5-13-29(35(25)32)37(44)47/h4-6,8-11,13-16,18-19,23,28,33,36,45H,7,12,17,20-22H2,1-3H3/t23-,28-,33+,36-,39+/m0/s1. The zero-order valence-electron chi connectivity index (χ0n) is 28.2. The molecule has 0 saturated carbocycles. The number of nitrogens with zero attached hydrogens (tertiary/aromatic N) is 3. The molecule has 11 heteroatoms. The van der Waals surface area contributed by atoms with Crippen LogP contribution in [0.2, 0.25) is 18.6 Å². The van der Waals surface area contributed by atoms with Crippen LogP contribution in [0.3, 0.4) is 0 Å². The predicted molar refractivity (Wildman–Crippen MR) is 197 cm³/mol. The van der Waals surface area contributed by atoms with E-state index >= 15 is 4.11 Å². The first-order chi connectivity index (χ1) is 23.9. The molecule has 8 rings (SSSR count). The first-order valence-electron chi connectivity index (χ1n) is 17.3. The van der Waals surface area contributed by atoms with Crippen molar-refractivity contribution >= 4 is 69.9 Å². The molecule has 50 heavy (non-hydrogen) atoms. The third-order valence-electron chi connectivity index (χ3n) is 11.3. The van der Waals surface area contributed by atoms with Crippen LogP contribution < -0.4 is 9.80 Å². The third-order valence-corrected chi connectivity index (χ3v) is 14.2. The molecule has 0 aromatic heterocycles. The summed E-state index contributed by atoms with van der Waals surface area (Å²) < 4.78 is 24.0. The van der Waals surface area contributed by atoms with Gasteiger partial charge in [0.25, 0.3) is 11.8 Å². The van der Waals surface area contributed by atoms with Crippen molar-refractivity contribution in [3.8, 4) is 0 Å². The minimum Gasteiger partial charge on any atom is -0.394 e. The quantitative estimate of drug-likeness (QED) is 0.155. The van der Waals surface area contributed by atoms with Crippen LogP contribution in [-0.4, -0.2) is 61.4 Å². The van der Waals surface area contributed by atoms with E-state index in [1.807, 2.05) is 85.8 Å². The molecule has 1 N–H and O–H groups in total. The van der Waals surface area contributed by atoms with Gasteiger partial charge in [0.1, 0.15) is 0 Å². The molecule has 2 fully saturated rings. The van der Waals surface area contributed by atoms with E-state index in [-0.39, 0.29) is 43.3 Å². The summed E-state index contributed by atoms with van der Waals surface area (Å²) in [4.78, 5) is 47.4. The minimum absolute atomic E-state index is 0.0503. The minimum atomic E-state index is -3.48. The molecule has 4 aromatic carbocycles. The number of likely N-dealkylation sites (tertiary alicyclic amines) is 1. The summed E-state index contributed by atoms with van der Waals surface area (Å²) in [6, 6.07) is 24.7. The maximum atomic E-state index is 16.4. The Morgan fingerprint density at radius 3 is 2.56 bits per heavy atom. The Bertz CT molecular complexity index is 2070. The van der Waals surface area contributed by atoms with Crippen molar-refractivity contribution in [2.75, 3.05) is 23.0 Å². The Morgan fingerprint density at radius 2 is 1.80 bits per heavy atom. The summed E-state index contributed by atoms with van der Waals surface area (Å²) in [5.74, 6) is -1.11. The van der Waals surface area contributed by atoms with Crippen molar-refractivity contribution in [1.82, 2.24) is 4.90 Å². The SMILES string of the molecule is C[C@H]1[C@H]([Si](C)(C)F)[C@@H](CC(=O)N2CCC[C@H]2CO)O[C@]12C(=O)N(Cc1cccc(N3C(=O)c4cccc5cccc3c45)c1)c1ccc(Br)cc12. The lowest BCUT2D eigenvalue weighted by molar-refractivity contribution is -0.150. The lowest BCUT2D eigenvalue weighted by Crippen LogP contribution is -2.45. The molecule has 4 aliphatic heterocycles. The van der Waals surface area contributed by atoms with Crippen molar-refractivity contribution in [2.24, 2.45) is 5.92 Å². The van der Waals surface area contributed by atoms with Gasteiger partial charge < -0.3 is 23.8 Å². The number of fused-ring (bicyclic) bond motifs is 2. The molecule has 0 radical (unpaired) electrons. The highest BCUT2D eigenvalue weighted by atomic mass is 79.9. The van der Waals surface area contributed by atoms with Crippen LogP contribution >= 0.6 is 15.9 Å². The van der Waals surface area contributed by atoms with E-state index in [4.69, 9.17) is 4.74 Å². The van der Waals surface area contributed by atoms with Gasteiger partial charge in [-0.3, -0.25) is 19.3 Å². The van der Waals surface area contributed by atoms with Crippen molar-refractivity contribution in [1.29, 1.82) is 0 Å². The number of aliphatic hydroxyl groups is 1. The van der Waals surface area contributed by atoms with Gasteiger partial charge in [-0.25, -0.2) is 0 Å². The Morgan fingerprint density at radius 1 is 1.04 bits per heavy atom. The van der Waals surface area contributed by atoms with E-state index < -0.39 is 31.6 Å². The lowest BCUT2D eigenvalue weighted by Gasteiger charge is -2.31. The Hall–Kier alpha value is -3.90. The maximum absolute atomic E-state index is 16.4. The van der Waals surface area contributed by atoms with Crippen LogP contribution in [0.1, 0.15) is 47.7 Å². The largest absolute Gasteiger partial charge is 0.394 e. The molecule has 258 valence electrons. The highest BCUT2D eigenvalue weighted by molar-refractivity contribution is 9.10. The summed E-state index contributed by atoms with van der Waals surface area (Å²) in [5.41, 5.74) is 2.23. The number of anilines is 3. The summed E-state index contributed by atoms with van der Waals surface area (Å²) in [6.45, 7) is 5.78. The van der Waals surface area contributed by atoms with E-state index in [0.717, 1.165) is 39.3 Å². The molecule has 0 bridgehead atoms. The second-order valence-corrected chi connectivity index (χ2v) is 19.3. The van der Waals surface area contributed by atoms with Gasteiger partial charge in [-0.05, 0) is 79.3 Å². The molecule has 4 aliphatic rings. The van der Waals surface area contributed by atoms with Crippen LogP contribution in [0.4, 0.5) is 21.2 Å². The number of carbonyl (C=O) groups excluding carboxylic acids is 3. The molecule has 0 unspecified atom stereocenters. The highest BCUT2D eigenvalue weighted by Crippen LogP contribution is 2.60. The van der Waals surface area contributed by atoms with Gasteiger partial charge in [0.05, 0.1) is 48.7 Å². The fourth-order valence-electron chi connectivity index (χ4n) is 9.17. The number of hydrogen-bond acceptors (Lipinski definition) is 5. The van der Waals surface area contributed by atoms with Crippen molar-refractivity contribution in [2.45, 2.75) is 69.1 Å². The summed E-state index contributed by atoms with van der Waals surface area (Å²) in [7, 11) is -3.48. The van der Waals surface area contributed by atoms with Gasteiger partial charge in [-0.15, -0.1) is 0 Å². The zero-order valence-corrected chi connectivity index (χ0v) is 30.8. The van der Waals surface area contributed by atoms with Gasteiger partial charge in [0.15, 0.2) is 5.60 Å². The average Bonchev–Trinajstić information content (AvgIpc) is 3.81. The Labute approximate surface area is 300 Å². The van der Waals surface area contributed by atoms with E-state index in [2.05, 4.69) is 15.9 Å². The number of benzene rings is 4. The Kier molecular flexibility index (Phi) is 8.05. The number of ether oxygens (including phenoxy) is 1. The van der Waals surface area contributed by atoms with Gasteiger partial charge in [0.2, 0.25) is 14.3 Å². The number of halogens is 2. The molecule has 1 spiro atoms. The van der Waals surface area contributed by atoms with Gasteiger partial charge in [0, 0.05) is 39.1 Å². The van der Waals surface area contributed by atoms with Crippen LogP contribution in [0.25, 0.3) is 10.8 Å². The third kappa shape index (κ3) is 4.99. The molecule has 3 amide bonds. The molecule has 4 heterocycles. The predicted octanol–water partition coefficient (Wildman–Crippen LogP) is 7.59. The van der Waals surface area contributed by atoms with E-state index in [9.17, 15) is 19.5 Å². The van der Waals surface area contributed by atoms with Gasteiger partial charge in [-0.2, -0.15) is 0 Å². The van der Waals surface area contributed by atoms with E-state index in [0.29, 0.717) is 29.0 Å². The number of carbonyl (C=O) groups is 3. The molecular weight excluding hydrogens is 717 g/mol. The molecule has 0 aliphatic carbocycles. The number of rotatable bonds is 7. The summed E-state index contributed by atoms with van der Waals surface area (Å²) >= 11 is 3.60. The number of hydrogen-bond donors (Lipinski definition) is 1. The van der Waals surface area contributed by atoms with Crippen LogP contribution in [0.5, 0.6) is 0 Å². The van der Waals surface area contributed by atoms with Crippen LogP contribution in [0, 0.1) is 5.92 Å². The van der Waals surface area contributed by atoms with Crippen LogP contribution in [0.15, 0.2) is 83.3 Å². The topological polar surface area (TPSA) is 90.4 Å². The first-order valence-corrected chi connectivity index (χ1v) is 21.0. The summed E-state index contributed by atoms with van der Waals surface area (Å²) in [5, 5.41) is 11.8. The highest BCUT2D eigenvalue weighted by Gasteiger charge is 2.67. The second kappa shape index (κ2) is 12.1. The second-order valence-electron chi connectivity index (χ2n) is 14.6. The fourth-order valence-corrected chi connectivity index (χ4v) is 12.0. The van der Waals surface area contributed by atoms with Gasteiger partial charge >= 0.3 is 0 Å². The average molecular weight is 757 g/mol. The number of amides is 3. The maximum Gasteiger partial charge on any atom is 0.264 e. The van der Waals surface area contributed by atoms with E-state index in [1.54, 1.807) is 27.8 Å². The van der Waals surface area contributed by atoms with Crippen LogP contribution in [-0.2, 0) is 26.5 Å². The fraction of sp³-hybridized carbons (Fsp3) is 0.359. The van der Waals surface area contributed by atoms with E-state index in [1.165, 1.54) is 0 Å². The molecular formula is C39H39BrFN3O5Si. The van der Waals surface area contributed by atoms with Crippen molar-refractivity contribution in [3.63, 3.8) is 0 Å². The lowest BCUT2D eigenvalue weighted by atomic mass is 9.82. The number of aliphatic hydroxyl groups excluding tert-OH is 1. The molecule has 4 aromatic rings. The van der Waals surface area contributed by atoms with Crippen molar-refractivity contribution in [3.05, 3.63) is 100 Å². The molecule has 2 saturated heterocycles.